The van der Waals surface area contributed by atoms with E-state index in [0.717, 1.165) is 53.8 Å². The summed E-state index contributed by atoms with van der Waals surface area (Å²) >= 11 is 0. The summed E-state index contributed by atoms with van der Waals surface area (Å²) in [6.45, 7) is 11.4. The summed E-state index contributed by atoms with van der Waals surface area (Å²) in [5, 5.41) is 0. The first-order valence-corrected chi connectivity index (χ1v) is 19.0. The van der Waals surface area contributed by atoms with Crippen molar-refractivity contribution in [3.05, 3.63) is 233 Å². The average Bonchev–Trinajstić information content (AvgIpc) is 3.48. The molecule has 0 aliphatic heterocycles. The van der Waals surface area contributed by atoms with Crippen LogP contribution in [0.2, 0.25) is 0 Å². The van der Waals surface area contributed by atoms with Crippen molar-refractivity contribution >= 4 is 11.1 Å². The van der Waals surface area contributed by atoms with Gasteiger partial charge in [0.15, 0.2) is 0 Å². The van der Waals surface area contributed by atoms with Crippen LogP contribution in [0.25, 0.3) is 22.4 Å². The number of aromatic nitrogens is 1. The Morgan fingerprint density at radius 3 is 2.25 bits per heavy atom. The Kier molecular flexibility index (Phi) is 10.9. The fourth-order valence-electron chi connectivity index (χ4n) is 8.17. The van der Waals surface area contributed by atoms with E-state index < -0.39 is 0 Å². The van der Waals surface area contributed by atoms with Gasteiger partial charge in [-0.3, -0.25) is 0 Å². The number of hydrogen-bond acceptors (Lipinski definition) is 1. The van der Waals surface area contributed by atoms with E-state index in [4.69, 9.17) is 4.98 Å². The van der Waals surface area contributed by atoms with Crippen molar-refractivity contribution in [3.8, 4) is 11.3 Å². The smallest absolute Gasteiger partial charge is 0.0715 e. The Balaban J connectivity index is 1.29. The third-order valence-electron chi connectivity index (χ3n) is 11.1. The molecule has 5 aromatic rings. The normalized spacial score (nSPS) is 20.0. The fraction of sp³-hybridized carbons (Fsp3) is 0.173. The van der Waals surface area contributed by atoms with Gasteiger partial charge in [0.1, 0.15) is 0 Å². The molecule has 1 heterocycles. The highest BCUT2D eigenvalue weighted by Gasteiger charge is 2.39. The average molecular weight is 688 g/mol. The van der Waals surface area contributed by atoms with Gasteiger partial charge < -0.3 is 0 Å². The molecule has 1 aromatic heterocycles. The number of allylic oxidation sites excluding steroid dienone is 13. The molecule has 0 bridgehead atoms. The molecule has 0 saturated heterocycles. The first-order valence-electron chi connectivity index (χ1n) is 19.0. The molecule has 1 heteroatoms. The summed E-state index contributed by atoms with van der Waals surface area (Å²) in [5.74, 6) is 0.371. The molecule has 4 aromatic carbocycles. The van der Waals surface area contributed by atoms with Crippen LogP contribution in [0.3, 0.4) is 0 Å². The molecule has 2 unspecified atom stereocenters. The molecule has 0 N–H and O–H groups in total. The monoisotopic (exact) mass is 687 g/mol. The molecule has 7 rings (SSSR count). The zero-order valence-electron chi connectivity index (χ0n) is 31.3. The number of benzene rings is 4. The summed E-state index contributed by atoms with van der Waals surface area (Å²) < 4.78 is 0. The van der Waals surface area contributed by atoms with E-state index in [2.05, 4.69) is 203 Å². The lowest BCUT2D eigenvalue weighted by molar-refractivity contribution is 0.614. The zero-order valence-corrected chi connectivity index (χ0v) is 31.3. The zero-order chi connectivity index (χ0) is 36.6. The Morgan fingerprint density at radius 2 is 1.47 bits per heavy atom. The minimum absolute atomic E-state index is 0.330. The maximum atomic E-state index is 5.14. The summed E-state index contributed by atoms with van der Waals surface area (Å²) in [5.41, 5.74) is 15.4. The van der Waals surface area contributed by atoms with E-state index in [1.807, 2.05) is 0 Å². The molecular weight excluding hydrogens is 639 g/mol. The molecular formula is C52H49N. The molecule has 1 nitrogen and oxygen atoms in total. The molecule has 2 aliphatic carbocycles. The highest BCUT2D eigenvalue weighted by molar-refractivity contribution is 5.79. The Bertz CT molecular complexity index is 2270. The molecule has 0 radical (unpaired) electrons. The van der Waals surface area contributed by atoms with Gasteiger partial charge in [0, 0.05) is 11.0 Å². The van der Waals surface area contributed by atoms with Crippen LogP contribution >= 0.6 is 0 Å². The number of nitrogens with zero attached hydrogens (tertiary/aromatic N) is 1. The van der Waals surface area contributed by atoms with Gasteiger partial charge in [-0.25, -0.2) is 4.98 Å². The van der Waals surface area contributed by atoms with Crippen LogP contribution in [0.4, 0.5) is 0 Å². The first-order chi connectivity index (χ1) is 26.0. The lowest BCUT2D eigenvalue weighted by Gasteiger charge is -2.38. The third kappa shape index (κ3) is 7.57. The lowest BCUT2D eigenvalue weighted by atomic mass is 9.64. The van der Waals surface area contributed by atoms with Crippen molar-refractivity contribution in [1.29, 1.82) is 0 Å². The second-order valence-electron chi connectivity index (χ2n) is 14.4. The molecule has 53 heavy (non-hydrogen) atoms. The van der Waals surface area contributed by atoms with Crippen LogP contribution in [0.5, 0.6) is 0 Å². The number of rotatable bonds is 8. The minimum Gasteiger partial charge on any atom is -0.248 e. The molecule has 2 atom stereocenters. The number of fused-ring (bicyclic) bond motifs is 1. The van der Waals surface area contributed by atoms with Crippen molar-refractivity contribution in [2.75, 3.05) is 0 Å². The fourth-order valence-corrected chi connectivity index (χ4v) is 8.17. The highest BCUT2D eigenvalue weighted by atomic mass is 14.7. The van der Waals surface area contributed by atoms with Crippen molar-refractivity contribution in [3.63, 3.8) is 0 Å². The van der Waals surface area contributed by atoms with Gasteiger partial charge >= 0.3 is 0 Å². The first kappa shape index (κ1) is 35.6. The number of pyridine rings is 1. The SMILES string of the molecule is C=C(\C=C/C(=C\C)C1=C/CC(c2ccccc2)(c2ccccc2C)c2ccccc2CCC\1C)c1cc(C2=CC=CC=CC2)nc(-c2ccccc2)c1. The van der Waals surface area contributed by atoms with Crippen LogP contribution in [0.15, 0.2) is 194 Å². The van der Waals surface area contributed by atoms with E-state index in [-0.39, 0.29) is 5.41 Å². The molecule has 0 amide bonds. The second-order valence-corrected chi connectivity index (χ2v) is 14.4. The standard InChI is InChI=1S/C52H49N/c1-5-41(32-30-38(2)45-36-50(43-22-10-6-7-11-23-43)53-51(37-45)44-24-12-8-13-25-44)47-34-35-52(46-26-14-9-15-27-46,48-28-18-16-20-40(48)4)49-29-19-17-21-42(49)33-31-39(47)3/h5-22,24-30,32,34,36-37,39H,2,23,31,33,35H2,1,3-4H3/b32-30-,41-5+,47-34+. The Morgan fingerprint density at radius 1 is 0.774 bits per heavy atom. The molecule has 262 valence electrons. The quantitative estimate of drug-likeness (QED) is 0.148. The second kappa shape index (κ2) is 16.3. The van der Waals surface area contributed by atoms with Crippen LogP contribution < -0.4 is 0 Å². The van der Waals surface area contributed by atoms with Crippen molar-refractivity contribution in [1.82, 2.24) is 4.98 Å². The van der Waals surface area contributed by atoms with Gasteiger partial charge in [0.25, 0.3) is 0 Å². The van der Waals surface area contributed by atoms with E-state index in [0.29, 0.717) is 5.92 Å². The largest absolute Gasteiger partial charge is 0.248 e. The van der Waals surface area contributed by atoms with E-state index in [1.165, 1.54) is 44.5 Å². The van der Waals surface area contributed by atoms with Gasteiger partial charge in [-0.15, -0.1) is 0 Å². The summed E-state index contributed by atoms with van der Waals surface area (Å²) in [6, 6.07) is 44.1. The maximum Gasteiger partial charge on any atom is 0.0715 e. The van der Waals surface area contributed by atoms with Gasteiger partial charge in [-0.05, 0) is 113 Å². The number of aryl methyl sites for hydroxylation is 2. The number of hydrogen-bond donors (Lipinski definition) is 0. The topological polar surface area (TPSA) is 12.9 Å². The minimum atomic E-state index is -0.330. The summed E-state index contributed by atoms with van der Waals surface area (Å²) in [7, 11) is 0. The molecule has 0 saturated carbocycles. The van der Waals surface area contributed by atoms with Gasteiger partial charge in [-0.2, -0.15) is 0 Å². The van der Waals surface area contributed by atoms with Crippen LogP contribution in [0.1, 0.15) is 72.2 Å². The predicted octanol–water partition coefficient (Wildman–Crippen LogP) is 13.4. The van der Waals surface area contributed by atoms with Crippen LogP contribution in [0, 0.1) is 12.8 Å². The summed E-state index contributed by atoms with van der Waals surface area (Å²) in [6.07, 6.45) is 23.7. The van der Waals surface area contributed by atoms with Crippen LogP contribution in [-0.2, 0) is 11.8 Å². The Labute approximate surface area is 316 Å². The van der Waals surface area contributed by atoms with E-state index >= 15 is 0 Å². The van der Waals surface area contributed by atoms with Gasteiger partial charge in [-0.1, -0.05) is 177 Å². The van der Waals surface area contributed by atoms with Crippen molar-refractivity contribution in [2.45, 2.75) is 51.9 Å². The van der Waals surface area contributed by atoms with E-state index in [9.17, 15) is 0 Å². The molecule has 0 fully saturated rings. The highest BCUT2D eigenvalue weighted by Crippen LogP contribution is 2.47. The lowest BCUT2D eigenvalue weighted by Crippen LogP contribution is -2.31. The molecule has 2 aliphatic rings. The summed E-state index contributed by atoms with van der Waals surface area (Å²) in [4.78, 5) is 5.14. The third-order valence-corrected chi connectivity index (χ3v) is 11.1. The predicted molar refractivity (Wildman–Crippen MR) is 227 cm³/mol. The van der Waals surface area contributed by atoms with Crippen molar-refractivity contribution in [2.24, 2.45) is 5.92 Å². The molecule has 0 spiro atoms. The Hall–Kier alpha value is -5.79. The maximum absolute atomic E-state index is 5.14. The van der Waals surface area contributed by atoms with Gasteiger partial charge in [0.05, 0.1) is 11.4 Å². The van der Waals surface area contributed by atoms with Crippen LogP contribution in [-0.4, -0.2) is 4.98 Å². The van der Waals surface area contributed by atoms with E-state index in [1.54, 1.807) is 0 Å². The van der Waals surface area contributed by atoms with Crippen molar-refractivity contribution < 1.29 is 0 Å². The van der Waals surface area contributed by atoms with Gasteiger partial charge in [0.2, 0.25) is 0 Å².